The van der Waals surface area contributed by atoms with Crippen molar-refractivity contribution >= 4 is 23.6 Å². The number of piperidine rings is 1. The number of amides is 4. The molecule has 1 aliphatic rings. The summed E-state index contributed by atoms with van der Waals surface area (Å²) in [6, 6.07) is 5.47. The molecule has 0 radical (unpaired) electrons. The van der Waals surface area contributed by atoms with Crippen molar-refractivity contribution in [3.05, 3.63) is 64.3 Å². The first-order chi connectivity index (χ1) is 21.3. The van der Waals surface area contributed by atoms with E-state index in [9.17, 15) is 33.9 Å². The topological polar surface area (TPSA) is 178 Å². The monoisotopic (exact) mass is 624 g/mol. The Balaban J connectivity index is 1.73. The molecular formula is C32H41FN6O6. The molecule has 1 unspecified atom stereocenters. The lowest BCUT2D eigenvalue weighted by molar-refractivity contribution is -0.132. The number of rotatable bonds is 12. The van der Waals surface area contributed by atoms with Crippen molar-refractivity contribution in [2.75, 3.05) is 13.1 Å². The summed E-state index contributed by atoms with van der Waals surface area (Å²) in [5.41, 5.74) is 1.53. The normalized spacial score (nSPS) is 16.0. The van der Waals surface area contributed by atoms with E-state index in [1.54, 1.807) is 37.0 Å². The fraction of sp³-hybridized carbons (Fsp3) is 0.500. The van der Waals surface area contributed by atoms with E-state index in [2.05, 4.69) is 21.1 Å². The number of likely N-dealkylation sites (tertiary alicyclic amines) is 1. The number of carbonyl (C=O) groups is 4. The van der Waals surface area contributed by atoms with Crippen molar-refractivity contribution in [3.63, 3.8) is 0 Å². The molecule has 0 bridgehead atoms. The zero-order chi connectivity index (χ0) is 33.3. The maximum atomic E-state index is 14.4. The number of benzene rings is 1. The quantitative estimate of drug-likeness (QED) is 0.206. The van der Waals surface area contributed by atoms with Gasteiger partial charge in [-0.2, -0.15) is 5.26 Å². The third kappa shape index (κ3) is 9.97. The van der Waals surface area contributed by atoms with Crippen LogP contribution >= 0.6 is 0 Å². The zero-order valence-electron chi connectivity index (χ0n) is 26.2. The predicted octanol–water partition coefficient (Wildman–Crippen LogP) is 2.45. The van der Waals surface area contributed by atoms with Crippen LogP contribution in [0.5, 0.6) is 0 Å². The van der Waals surface area contributed by atoms with Crippen LogP contribution in [0.25, 0.3) is 0 Å². The molecular weight excluding hydrogens is 583 g/mol. The SMILES string of the molecule is Cc1ccc(CNC(=O)C(CC2CCN(C(=O)C(C#N)=CC(C)C)CC2)NC(=O)[C@@H](NC(=O)c2cc(C)no2)[C@@H](C)O)c(F)c1. The van der Waals surface area contributed by atoms with Gasteiger partial charge in [-0.3, -0.25) is 19.2 Å². The lowest BCUT2D eigenvalue weighted by Crippen LogP contribution is -2.57. The van der Waals surface area contributed by atoms with Gasteiger partial charge in [0.05, 0.1) is 11.8 Å². The molecule has 4 N–H and O–H groups in total. The van der Waals surface area contributed by atoms with Gasteiger partial charge >= 0.3 is 0 Å². The molecule has 1 aliphatic heterocycles. The molecule has 1 fully saturated rings. The summed E-state index contributed by atoms with van der Waals surface area (Å²) in [6.45, 7) is 9.06. The maximum Gasteiger partial charge on any atom is 0.290 e. The number of nitrogens with one attached hydrogen (secondary N) is 3. The van der Waals surface area contributed by atoms with Crippen LogP contribution in [0.15, 0.2) is 40.4 Å². The Bertz CT molecular complexity index is 1450. The molecule has 12 nitrogen and oxygen atoms in total. The Morgan fingerprint density at radius 3 is 2.38 bits per heavy atom. The van der Waals surface area contributed by atoms with Gasteiger partial charge in [-0.05, 0) is 63.5 Å². The lowest BCUT2D eigenvalue weighted by atomic mass is 9.89. The number of hydrogen-bond acceptors (Lipinski definition) is 8. The number of aromatic nitrogens is 1. The summed E-state index contributed by atoms with van der Waals surface area (Å²) >= 11 is 0. The minimum Gasteiger partial charge on any atom is -0.391 e. The minimum absolute atomic E-state index is 0.0347. The smallest absolute Gasteiger partial charge is 0.290 e. The standard InChI is InChI=1S/C32H41FN6O6/c1-18(2)12-24(16-34)32(44)39-10-8-22(9-11-39)15-26(29(41)35-17-23-7-6-19(3)13-25(23)33)36-31(43)28(21(5)40)37-30(42)27-14-20(4)38-45-27/h6-7,12-14,18,21-22,26,28,40H,8-11,15,17H2,1-5H3,(H,35,41)(H,36,43)(H,37,42)/t21-,26?,28+/m1/s1. The second kappa shape index (κ2) is 15.9. The molecule has 3 rings (SSSR count). The molecule has 1 aromatic carbocycles. The maximum absolute atomic E-state index is 14.4. The van der Waals surface area contributed by atoms with Gasteiger partial charge in [0, 0.05) is 31.3 Å². The predicted molar refractivity (Wildman–Crippen MR) is 162 cm³/mol. The van der Waals surface area contributed by atoms with Crippen LogP contribution in [-0.4, -0.2) is 70.1 Å². The van der Waals surface area contributed by atoms with E-state index >= 15 is 0 Å². The van der Waals surface area contributed by atoms with E-state index in [4.69, 9.17) is 4.52 Å². The number of carbonyl (C=O) groups excluding carboxylic acids is 4. The molecule has 0 aliphatic carbocycles. The lowest BCUT2D eigenvalue weighted by Gasteiger charge is -2.34. The molecule has 13 heteroatoms. The highest BCUT2D eigenvalue weighted by Crippen LogP contribution is 2.24. The number of nitrogens with zero attached hydrogens (tertiary/aromatic N) is 3. The van der Waals surface area contributed by atoms with Gasteiger partial charge in [0.25, 0.3) is 11.8 Å². The first-order valence-electron chi connectivity index (χ1n) is 15.0. The fourth-order valence-electron chi connectivity index (χ4n) is 5.05. The van der Waals surface area contributed by atoms with Gasteiger partial charge in [0.15, 0.2) is 0 Å². The molecule has 3 atom stereocenters. The van der Waals surface area contributed by atoms with Gasteiger partial charge in [-0.15, -0.1) is 0 Å². The number of allylic oxidation sites excluding steroid dienone is 1. The van der Waals surface area contributed by atoms with E-state index in [1.807, 2.05) is 19.9 Å². The van der Waals surface area contributed by atoms with Gasteiger partial charge in [-0.1, -0.05) is 37.2 Å². The average Bonchev–Trinajstić information content (AvgIpc) is 3.43. The third-order valence-electron chi connectivity index (χ3n) is 7.52. The zero-order valence-corrected chi connectivity index (χ0v) is 26.2. The first kappa shape index (κ1) is 34.9. The summed E-state index contributed by atoms with van der Waals surface area (Å²) < 4.78 is 19.4. The first-order valence-corrected chi connectivity index (χ1v) is 15.0. The van der Waals surface area contributed by atoms with Crippen LogP contribution in [0.1, 0.15) is 67.4 Å². The largest absolute Gasteiger partial charge is 0.391 e. The highest BCUT2D eigenvalue weighted by atomic mass is 19.1. The van der Waals surface area contributed by atoms with Gasteiger partial charge < -0.3 is 30.5 Å². The summed E-state index contributed by atoms with van der Waals surface area (Å²) in [5.74, 6) is -3.17. The highest BCUT2D eigenvalue weighted by Gasteiger charge is 2.34. The summed E-state index contributed by atoms with van der Waals surface area (Å²) in [6.07, 6.45) is 1.51. The van der Waals surface area contributed by atoms with Gasteiger partial charge in [-0.25, -0.2) is 4.39 Å². The molecule has 0 spiro atoms. The highest BCUT2D eigenvalue weighted by molar-refractivity contribution is 5.98. The average molecular weight is 625 g/mol. The fourth-order valence-corrected chi connectivity index (χ4v) is 5.05. The molecule has 2 heterocycles. The van der Waals surface area contributed by atoms with Gasteiger partial charge in [0.2, 0.25) is 17.6 Å². The molecule has 1 aromatic heterocycles. The molecule has 45 heavy (non-hydrogen) atoms. The van der Waals surface area contributed by atoms with E-state index in [0.717, 1.165) is 5.56 Å². The van der Waals surface area contributed by atoms with E-state index in [-0.39, 0.29) is 47.6 Å². The summed E-state index contributed by atoms with van der Waals surface area (Å²) in [4.78, 5) is 53.9. The van der Waals surface area contributed by atoms with Crippen molar-refractivity contribution in [3.8, 4) is 6.07 Å². The van der Waals surface area contributed by atoms with Crippen LogP contribution in [0.2, 0.25) is 0 Å². The molecule has 242 valence electrons. The number of hydrogen-bond donors (Lipinski definition) is 4. The number of aliphatic hydroxyl groups excluding tert-OH is 1. The number of aryl methyl sites for hydroxylation is 2. The minimum atomic E-state index is -1.43. The van der Waals surface area contributed by atoms with Crippen LogP contribution in [0.4, 0.5) is 4.39 Å². The number of nitriles is 1. The van der Waals surface area contributed by atoms with Crippen molar-refractivity contribution in [1.29, 1.82) is 5.26 Å². The molecule has 4 amide bonds. The summed E-state index contributed by atoms with van der Waals surface area (Å²) in [7, 11) is 0. The van der Waals surface area contributed by atoms with E-state index in [0.29, 0.717) is 31.6 Å². The molecule has 2 aromatic rings. The Hall–Kier alpha value is -4.57. The van der Waals surface area contributed by atoms with Crippen molar-refractivity contribution in [2.45, 2.75) is 78.6 Å². The van der Waals surface area contributed by atoms with Crippen molar-refractivity contribution in [1.82, 2.24) is 26.0 Å². The van der Waals surface area contributed by atoms with E-state index < -0.39 is 41.7 Å². The summed E-state index contributed by atoms with van der Waals surface area (Å²) in [5, 5.41) is 31.2. The number of aliphatic hydroxyl groups is 1. The Morgan fingerprint density at radius 1 is 1.13 bits per heavy atom. The van der Waals surface area contributed by atoms with Crippen LogP contribution in [0, 0.1) is 42.8 Å². The van der Waals surface area contributed by atoms with Crippen LogP contribution in [-0.2, 0) is 20.9 Å². The Labute approximate surface area is 262 Å². The molecule has 0 saturated carbocycles. The van der Waals surface area contributed by atoms with Crippen molar-refractivity contribution in [2.24, 2.45) is 11.8 Å². The number of halogens is 1. The second-order valence-electron chi connectivity index (χ2n) is 11.8. The van der Waals surface area contributed by atoms with E-state index in [1.165, 1.54) is 19.1 Å². The van der Waals surface area contributed by atoms with Gasteiger partial charge in [0.1, 0.15) is 29.5 Å². The second-order valence-corrected chi connectivity index (χ2v) is 11.8. The third-order valence-corrected chi connectivity index (χ3v) is 7.52. The van der Waals surface area contributed by atoms with Crippen LogP contribution in [0.3, 0.4) is 0 Å². The van der Waals surface area contributed by atoms with Crippen molar-refractivity contribution < 1.29 is 33.2 Å². The Morgan fingerprint density at radius 2 is 1.82 bits per heavy atom. The Kier molecular flexibility index (Phi) is 12.4. The molecule has 1 saturated heterocycles. The van der Waals surface area contributed by atoms with Crippen LogP contribution < -0.4 is 16.0 Å².